The van der Waals surface area contributed by atoms with Crippen LogP contribution >= 0.6 is 11.6 Å². The molecule has 2 heterocycles. The van der Waals surface area contributed by atoms with Crippen LogP contribution in [0.4, 0.5) is 20.2 Å². The fourth-order valence-electron chi connectivity index (χ4n) is 5.91. The maximum atomic E-state index is 13.8. The Kier molecular flexibility index (Phi) is 14.3. The summed E-state index contributed by atoms with van der Waals surface area (Å²) in [5.41, 5.74) is 6.84. The number of aromatic nitrogens is 4. The third kappa shape index (κ3) is 10.2. The molecule has 6 aromatic carbocycles. The van der Waals surface area contributed by atoms with Crippen LogP contribution in [0.2, 0.25) is 5.15 Å². The van der Waals surface area contributed by atoms with Gasteiger partial charge in [0.05, 0.1) is 35.9 Å². The molecule has 298 valence electrons. The second-order valence-electron chi connectivity index (χ2n) is 12.8. The van der Waals surface area contributed by atoms with E-state index >= 15 is 0 Å². The smallest absolute Gasteiger partial charge is 0.423 e. The van der Waals surface area contributed by atoms with Gasteiger partial charge in [-0.1, -0.05) is 151 Å². The van der Waals surface area contributed by atoms with Gasteiger partial charge in [-0.15, -0.1) is 0 Å². The molecule has 8 rings (SSSR count). The van der Waals surface area contributed by atoms with Crippen LogP contribution in [-0.4, -0.2) is 37.1 Å². The number of benzene rings is 6. The van der Waals surface area contributed by atoms with Crippen molar-refractivity contribution < 1.29 is 20.3 Å². The van der Waals surface area contributed by atoms with Crippen molar-refractivity contribution in [1.82, 2.24) is 19.9 Å². The van der Waals surface area contributed by atoms with E-state index in [9.17, 15) is 14.0 Å². The lowest BCUT2D eigenvalue weighted by Crippen LogP contribution is -2.29. The minimum Gasteiger partial charge on any atom is -0.423 e. The molecule has 0 aliphatic rings. The molecule has 0 spiro atoms. The quantitative estimate of drug-likeness (QED) is 0.124. The first kappa shape index (κ1) is 43.2. The largest absolute Gasteiger partial charge is 0.487 e. The Bertz CT molecular complexity index is 3040. The lowest BCUT2D eigenvalue weighted by atomic mass is 9.80. The van der Waals surface area contributed by atoms with Crippen LogP contribution in [0, 0.1) is 47.4 Å². The average molecular weight is 836 g/mol. The van der Waals surface area contributed by atoms with Gasteiger partial charge in [0.25, 0.3) is 0 Å². The van der Waals surface area contributed by atoms with Gasteiger partial charge in [-0.2, -0.15) is 10.5 Å². The van der Waals surface area contributed by atoms with Gasteiger partial charge in [-0.3, -0.25) is 0 Å². The monoisotopic (exact) mass is 835 g/mol. The first-order valence-corrected chi connectivity index (χ1v) is 18.7. The van der Waals surface area contributed by atoms with Gasteiger partial charge in [-0.25, -0.2) is 38.4 Å². The van der Waals surface area contributed by atoms with Gasteiger partial charge in [0.15, 0.2) is 16.5 Å². The molecule has 62 heavy (non-hydrogen) atoms. The van der Waals surface area contributed by atoms with Crippen molar-refractivity contribution in [3.8, 4) is 68.4 Å². The molecule has 10 nitrogen and oxygen atoms in total. The van der Waals surface area contributed by atoms with Crippen molar-refractivity contribution in [2.75, 3.05) is 0 Å². The molecule has 0 saturated heterocycles. The van der Waals surface area contributed by atoms with E-state index < -0.39 is 18.8 Å². The van der Waals surface area contributed by atoms with Gasteiger partial charge in [0, 0.05) is 23.7 Å². The summed E-state index contributed by atoms with van der Waals surface area (Å²) >= 11 is 6.04. The summed E-state index contributed by atoms with van der Waals surface area (Å²) in [5, 5.41) is 36.3. The highest BCUT2D eigenvalue weighted by Gasteiger charge is 2.19. The van der Waals surface area contributed by atoms with Crippen LogP contribution in [0.1, 0.15) is 12.8 Å². The Morgan fingerprint density at radius 2 is 0.887 bits per heavy atom. The minimum absolute atomic E-state index is 0. The molecular weight excluding hydrogens is 805 g/mol. The summed E-state index contributed by atoms with van der Waals surface area (Å²) in [6.07, 6.45) is 0. The van der Waals surface area contributed by atoms with E-state index in [2.05, 4.69) is 30.7 Å². The van der Waals surface area contributed by atoms with E-state index in [1.54, 1.807) is 0 Å². The van der Waals surface area contributed by atoms with Gasteiger partial charge < -0.3 is 10.0 Å². The van der Waals surface area contributed by atoms with Crippen molar-refractivity contribution in [3.63, 3.8) is 0 Å². The molecule has 8 aromatic rings. The fourth-order valence-corrected chi connectivity index (χ4v) is 6.08. The minimum atomic E-state index is -1.66. The van der Waals surface area contributed by atoms with E-state index in [1.165, 1.54) is 24.3 Å². The molecule has 0 amide bonds. The Morgan fingerprint density at radius 1 is 0.500 bits per heavy atom. The average Bonchev–Trinajstić information content (AvgIpc) is 3.32. The van der Waals surface area contributed by atoms with Crippen molar-refractivity contribution in [2.45, 2.75) is 0 Å². The number of hydrogen-bond donors (Lipinski definition) is 2. The molecule has 0 aliphatic carbocycles. The Labute approximate surface area is 362 Å². The lowest BCUT2D eigenvalue weighted by molar-refractivity contribution is 0.425. The summed E-state index contributed by atoms with van der Waals surface area (Å²) < 4.78 is 26.4. The van der Waals surface area contributed by atoms with Crippen LogP contribution in [0.5, 0.6) is 0 Å². The normalized spacial score (nSPS) is 9.95. The predicted molar refractivity (Wildman–Crippen MR) is 237 cm³/mol. The number of nitriles is 2. The first-order valence-electron chi connectivity index (χ1n) is 18.4. The van der Waals surface area contributed by atoms with E-state index in [0.29, 0.717) is 34.0 Å². The summed E-state index contributed by atoms with van der Waals surface area (Å²) in [6.45, 7) is 13.7. The second kappa shape index (κ2) is 20.5. The van der Waals surface area contributed by atoms with Gasteiger partial charge >= 0.3 is 7.12 Å². The highest BCUT2D eigenvalue weighted by atomic mass is 35.5. The third-order valence-corrected chi connectivity index (χ3v) is 9.14. The maximum Gasteiger partial charge on any atom is 0.487 e. The Morgan fingerprint density at radius 3 is 1.31 bits per heavy atom. The zero-order valence-corrected chi connectivity index (χ0v) is 33.0. The van der Waals surface area contributed by atoms with Gasteiger partial charge in [-0.05, 0) is 29.2 Å². The topological polar surface area (TPSA) is 148 Å². The summed E-state index contributed by atoms with van der Waals surface area (Å²) in [6, 6.07) is 49.9. The maximum absolute atomic E-state index is 13.8. The highest BCUT2D eigenvalue weighted by molar-refractivity contribution is 6.58. The number of rotatable bonds is 6. The summed E-state index contributed by atoms with van der Waals surface area (Å²) in [4.78, 5) is 24.2. The van der Waals surface area contributed by atoms with Crippen LogP contribution in [0.3, 0.4) is 0 Å². The van der Waals surface area contributed by atoms with Gasteiger partial charge in [0.1, 0.15) is 29.5 Å². The molecule has 2 aromatic heterocycles. The van der Waals surface area contributed by atoms with Crippen molar-refractivity contribution in [1.29, 1.82) is 10.5 Å². The van der Waals surface area contributed by atoms with Crippen LogP contribution in [0.15, 0.2) is 158 Å². The molecule has 14 heteroatoms. The number of nitrogens with zero attached hydrogens (tertiary/aromatic N) is 8. The zero-order chi connectivity index (χ0) is 44.0. The lowest BCUT2D eigenvalue weighted by Gasteiger charge is -2.13. The van der Waals surface area contributed by atoms with Crippen molar-refractivity contribution in [3.05, 3.63) is 209 Å². The second-order valence-corrected chi connectivity index (χ2v) is 13.2. The summed E-state index contributed by atoms with van der Waals surface area (Å²) in [5.74, 6) is -1.27. The van der Waals surface area contributed by atoms with E-state index in [0.717, 1.165) is 34.4 Å². The van der Waals surface area contributed by atoms with Gasteiger partial charge in [0.2, 0.25) is 11.4 Å². The van der Waals surface area contributed by atoms with Crippen LogP contribution < -0.4 is 5.46 Å². The Balaban J connectivity index is 0.000000193. The van der Waals surface area contributed by atoms with Crippen molar-refractivity contribution in [2.24, 2.45) is 0 Å². The summed E-state index contributed by atoms with van der Waals surface area (Å²) in [7, 11) is -1.66. The van der Waals surface area contributed by atoms with Crippen LogP contribution in [0.25, 0.3) is 66.0 Å². The molecule has 0 radical (unpaired) electrons. The van der Waals surface area contributed by atoms with E-state index in [4.69, 9.17) is 45.0 Å². The molecule has 0 fully saturated rings. The number of hydrogen-bond acceptors (Lipinski definition) is 8. The zero-order valence-electron chi connectivity index (χ0n) is 32.2. The van der Waals surface area contributed by atoms with E-state index in [1.807, 2.05) is 127 Å². The number of halogens is 3. The molecule has 0 aliphatic heterocycles. The molecule has 0 saturated carbocycles. The molecular formula is C48H30BClF2N8O2. The standard InChI is InChI=1S/C24H13FN4.C17H10ClN3.C7H5BFNO2.H2/c1-27-20-14-18(12-13-19(20)25)22-21(15-26)28-23(16-8-4-2-5-9-16)24(29-22)17-10-6-3-7-11-17;18-17-14(11-19)20-15(12-7-3-1-4-8-12)16(21-17)13-9-5-2-6-10-13;1-10-7-4-5(8(11)12)2-3-6(7)9;/h2-14H;1-10H;2-4,11-12H;1H/i;;;1+1. The molecule has 0 unspecified atom stereocenters. The highest BCUT2D eigenvalue weighted by Crippen LogP contribution is 2.35. The molecule has 2 N–H and O–H groups in total. The first-order chi connectivity index (χ1) is 30.1. The molecule has 0 bridgehead atoms. The SMILES string of the molecule is N#Cc1nc(-c2ccccc2)c(-c2ccccc2)nc1Cl.[2HH].[C-]#[N+]c1cc(-c2nc(-c3ccccc3)c(-c3ccccc3)nc2C#N)ccc1F.[C-]#[N+]c1cc(B(O)O)ccc1F. The van der Waals surface area contributed by atoms with Crippen LogP contribution in [-0.2, 0) is 0 Å². The van der Waals surface area contributed by atoms with Crippen molar-refractivity contribution >= 4 is 35.6 Å². The fraction of sp³-hybridized carbons (Fsp3) is 0. The third-order valence-electron chi connectivity index (χ3n) is 8.88. The van der Waals surface area contributed by atoms with E-state index in [-0.39, 0.29) is 34.8 Å². The molecule has 0 atom stereocenters. The predicted octanol–water partition coefficient (Wildman–Crippen LogP) is 10.7. The Hall–Kier alpha value is -8.43.